The van der Waals surface area contributed by atoms with Gasteiger partial charge in [0, 0.05) is 0 Å². The number of rotatable bonds is 10. The molecule has 1 unspecified atom stereocenters. The van der Waals surface area contributed by atoms with E-state index in [-0.39, 0.29) is 5.92 Å². The van der Waals surface area contributed by atoms with E-state index in [1.54, 1.807) is 37.4 Å². The van der Waals surface area contributed by atoms with Crippen LogP contribution in [-0.2, 0) is 11.4 Å². The van der Waals surface area contributed by atoms with Gasteiger partial charge in [0.15, 0.2) is 11.5 Å². The van der Waals surface area contributed by atoms with Crippen molar-refractivity contribution in [2.24, 2.45) is 11.0 Å². The van der Waals surface area contributed by atoms with Crippen molar-refractivity contribution in [1.29, 1.82) is 0 Å². The van der Waals surface area contributed by atoms with Crippen LogP contribution in [-0.4, -0.2) is 31.2 Å². The fourth-order valence-electron chi connectivity index (χ4n) is 3.43. The first-order valence-electron chi connectivity index (χ1n) is 11.6. The normalized spacial score (nSPS) is 11.9. The Morgan fingerprint density at radius 1 is 1.11 bits per heavy atom. The zero-order valence-corrected chi connectivity index (χ0v) is 23.4. The van der Waals surface area contributed by atoms with E-state index in [0.717, 1.165) is 5.56 Å². The molecule has 194 valence electrons. The predicted molar refractivity (Wildman–Crippen MR) is 149 cm³/mol. The van der Waals surface area contributed by atoms with Gasteiger partial charge in [-0.05, 0) is 64.2 Å². The zero-order valence-electron chi connectivity index (χ0n) is 21.0. The maximum atomic E-state index is 12.8. The van der Waals surface area contributed by atoms with Gasteiger partial charge >= 0.3 is 0 Å². The number of benzene rings is 3. The van der Waals surface area contributed by atoms with E-state index in [2.05, 4.69) is 31.8 Å². The lowest BCUT2D eigenvalue weighted by Crippen LogP contribution is -2.48. The van der Waals surface area contributed by atoms with E-state index in [0.29, 0.717) is 38.7 Å². The lowest BCUT2D eigenvalue weighted by molar-refractivity contribution is -0.123. The van der Waals surface area contributed by atoms with Crippen molar-refractivity contribution in [2.75, 3.05) is 7.11 Å². The number of carbonyl (C=O) groups is 2. The van der Waals surface area contributed by atoms with Gasteiger partial charge in [-0.25, -0.2) is 5.43 Å². The minimum absolute atomic E-state index is 0.180. The van der Waals surface area contributed by atoms with Crippen LogP contribution in [0.15, 0.2) is 70.2 Å². The molecule has 7 nitrogen and oxygen atoms in total. The van der Waals surface area contributed by atoms with Gasteiger partial charge in [-0.15, -0.1) is 0 Å². The molecule has 1 atom stereocenters. The van der Waals surface area contributed by atoms with Crippen molar-refractivity contribution >= 4 is 45.6 Å². The third-order valence-corrected chi connectivity index (χ3v) is 6.42. The molecule has 37 heavy (non-hydrogen) atoms. The fraction of sp³-hybridized carbons (Fsp3) is 0.250. The Morgan fingerprint density at radius 3 is 2.46 bits per heavy atom. The molecule has 0 saturated heterocycles. The Balaban J connectivity index is 1.66. The number of hydrogen-bond donors (Lipinski definition) is 2. The average molecular weight is 587 g/mol. The quantitative estimate of drug-likeness (QED) is 0.229. The van der Waals surface area contributed by atoms with E-state index in [4.69, 9.17) is 21.1 Å². The molecule has 0 bridgehead atoms. The number of nitrogens with one attached hydrogen (secondary N) is 2. The van der Waals surface area contributed by atoms with E-state index in [1.807, 2.05) is 51.1 Å². The van der Waals surface area contributed by atoms with Gasteiger partial charge in [0.2, 0.25) is 0 Å². The highest BCUT2D eigenvalue weighted by atomic mass is 79.9. The standard InChI is InChI=1S/C28H29BrClN3O4/c1-17(2)25(32-27(34)21-7-5-6-8-23(21)30)28(35)33-31-15-20-13-22(29)26(24(14-20)36-4)37-16-19-11-9-18(3)10-12-19/h5-15,17,25H,16H2,1-4H3,(H,32,34)(H,33,35). The van der Waals surface area contributed by atoms with Gasteiger partial charge in [-0.1, -0.05) is 67.4 Å². The molecule has 0 aliphatic carbocycles. The molecule has 0 aromatic heterocycles. The Bertz CT molecular complexity index is 1280. The smallest absolute Gasteiger partial charge is 0.262 e. The molecule has 0 aliphatic rings. The summed E-state index contributed by atoms with van der Waals surface area (Å²) in [6.07, 6.45) is 1.49. The van der Waals surface area contributed by atoms with Gasteiger partial charge in [0.05, 0.1) is 28.4 Å². The van der Waals surface area contributed by atoms with Crippen LogP contribution in [0.3, 0.4) is 0 Å². The van der Waals surface area contributed by atoms with Crippen molar-refractivity contribution in [3.8, 4) is 11.5 Å². The molecule has 0 aliphatic heterocycles. The molecule has 3 aromatic rings. The van der Waals surface area contributed by atoms with Crippen LogP contribution >= 0.6 is 27.5 Å². The number of methoxy groups -OCH3 is 1. The number of hydrogen-bond acceptors (Lipinski definition) is 5. The molecule has 3 rings (SSSR count). The third kappa shape index (κ3) is 7.81. The van der Waals surface area contributed by atoms with Crippen molar-refractivity contribution in [3.05, 3.63) is 92.4 Å². The van der Waals surface area contributed by atoms with Crippen LogP contribution in [0.1, 0.15) is 40.9 Å². The number of carbonyl (C=O) groups excluding carboxylic acids is 2. The molecule has 0 saturated carbocycles. The molecule has 0 heterocycles. The second-order valence-corrected chi connectivity index (χ2v) is 9.98. The Labute approximate surface area is 230 Å². The largest absolute Gasteiger partial charge is 0.493 e. The molecule has 0 spiro atoms. The molecule has 9 heteroatoms. The lowest BCUT2D eigenvalue weighted by Gasteiger charge is -2.20. The molecule has 0 radical (unpaired) electrons. The van der Waals surface area contributed by atoms with E-state index < -0.39 is 17.9 Å². The maximum absolute atomic E-state index is 12.8. The molecule has 2 N–H and O–H groups in total. The van der Waals surface area contributed by atoms with Crippen molar-refractivity contribution in [1.82, 2.24) is 10.7 Å². The number of nitrogens with zero attached hydrogens (tertiary/aromatic N) is 1. The summed E-state index contributed by atoms with van der Waals surface area (Å²) in [7, 11) is 1.55. The highest BCUT2D eigenvalue weighted by Gasteiger charge is 2.25. The average Bonchev–Trinajstić information content (AvgIpc) is 2.87. The highest BCUT2D eigenvalue weighted by Crippen LogP contribution is 2.36. The minimum Gasteiger partial charge on any atom is -0.493 e. The summed E-state index contributed by atoms with van der Waals surface area (Å²) >= 11 is 9.64. The van der Waals surface area contributed by atoms with Gasteiger partial charge in [0.1, 0.15) is 12.6 Å². The molecular weight excluding hydrogens is 558 g/mol. The molecule has 3 aromatic carbocycles. The van der Waals surface area contributed by atoms with Crippen LogP contribution in [0, 0.1) is 12.8 Å². The van der Waals surface area contributed by atoms with E-state index in [1.165, 1.54) is 11.8 Å². The SMILES string of the molecule is COc1cc(C=NNC(=O)C(NC(=O)c2ccccc2Cl)C(C)C)cc(Br)c1OCc1ccc(C)cc1. The fourth-order valence-corrected chi connectivity index (χ4v) is 4.23. The zero-order chi connectivity index (χ0) is 26.9. The lowest BCUT2D eigenvalue weighted by atomic mass is 10.0. The number of aryl methyl sites for hydroxylation is 1. The van der Waals surface area contributed by atoms with Gasteiger partial charge in [-0.3, -0.25) is 9.59 Å². The second kappa shape index (κ2) is 13.3. The van der Waals surface area contributed by atoms with Crippen LogP contribution < -0.4 is 20.2 Å². The van der Waals surface area contributed by atoms with E-state index >= 15 is 0 Å². The minimum atomic E-state index is -0.806. The summed E-state index contributed by atoms with van der Waals surface area (Å²) in [5.41, 5.74) is 5.69. The summed E-state index contributed by atoms with van der Waals surface area (Å²) in [4.78, 5) is 25.4. The molecule has 2 amide bonds. The summed E-state index contributed by atoms with van der Waals surface area (Å²) < 4.78 is 12.2. The number of halogens is 2. The van der Waals surface area contributed by atoms with Gasteiger partial charge in [0.25, 0.3) is 11.8 Å². The van der Waals surface area contributed by atoms with Crippen LogP contribution in [0.25, 0.3) is 0 Å². The van der Waals surface area contributed by atoms with Gasteiger partial charge in [-0.2, -0.15) is 5.10 Å². The topological polar surface area (TPSA) is 89.0 Å². The van der Waals surface area contributed by atoms with Gasteiger partial charge < -0.3 is 14.8 Å². The van der Waals surface area contributed by atoms with Crippen LogP contribution in [0.5, 0.6) is 11.5 Å². The summed E-state index contributed by atoms with van der Waals surface area (Å²) in [5, 5.41) is 7.12. The first-order chi connectivity index (χ1) is 17.7. The van der Waals surface area contributed by atoms with Crippen LogP contribution in [0.2, 0.25) is 5.02 Å². The number of ether oxygens (including phenoxy) is 2. The molecular formula is C28H29BrClN3O4. The number of amides is 2. The van der Waals surface area contributed by atoms with Crippen molar-refractivity contribution in [2.45, 2.75) is 33.4 Å². The monoisotopic (exact) mass is 585 g/mol. The summed E-state index contributed by atoms with van der Waals surface area (Å²) in [6, 6.07) is 17.5. The molecule has 0 fully saturated rings. The maximum Gasteiger partial charge on any atom is 0.262 e. The summed E-state index contributed by atoms with van der Waals surface area (Å²) in [5.74, 6) is 0.0163. The first kappa shape index (κ1) is 28.2. The first-order valence-corrected chi connectivity index (χ1v) is 12.8. The van der Waals surface area contributed by atoms with Crippen molar-refractivity contribution < 1.29 is 19.1 Å². The summed E-state index contributed by atoms with van der Waals surface area (Å²) in [6.45, 7) is 6.08. The third-order valence-electron chi connectivity index (χ3n) is 5.50. The van der Waals surface area contributed by atoms with Crippen molar-refractivity contribution in [3.63, 3.8) is 0 Å². The van der Waals surface area contributed by atoms with Crippen LogP contribution in [0.4, 0.5) is 0 Å². The Kier molecular flexibility index (Phi) is 10.1. The predicted octanol–water partition coefficient (Wildman–Crippen LogP) is 5.90. The number of hydrazone groups is 1. The second-order valence-electron chi connectivity index (χ2n) is 8.72. The highest BCUT2D eigenvalue weighted by molar-refractivity contribution is 9.10. The Morgan fingerprint density at radius 2 is 1.81 bits per heavy atom. The van der Waals surface area contributed by atoms with E-state index in [9.17, 15) is 9.59 Å². The Hall–Kier alpha value is -3.36.